The summed E-state index contributed by atoms with van der Waals surface area (Å²) in [5.74, 6) is -0.533. The van der Waals surface area contributed by atoms with Gasteiger partial charge in [0.2, 0.25) is 0 Å². The van der Waals surface area contributed by atoms with E-state index in [1.807, 2.05) is 27.7 Å². The Morgan fingerprint density at radius 3 is 2.32 bits per heavy atom. The number of rotatable bonds is 6. The Hall–Kier alpha value is -2.32. The minimum absolute atomic E-state index is 0.0441. The van der Waals surface area contributed by atoms with Crippen LogP contribution in [0.5, 0.6) is 11.5 Å². The molecule has 2 aliphatic carbocycles. The number of methoxy groups -OCH3 is 2. The maximum absolute atomic E-state index is 13.3. The first kappa shape index (κ1) is 24.8. The van der Waals surface area contributed by atoms with Crippen molar-refractivity contribution in [3.05, 3.63) is 23.8 Å². The van der Waals surface area contributed by atoms with Crippen LogP contribution in [0.15, 0.2) is 18.2 Å². The molecule has 8 heteroatoms. The molecule has 188 valence electrons. The molecule has 7 atom stereocenters. The van der Waals surface area contributed by atoms with Gasteiger partial charge in [-0.15, -0.1) is 0 Å². The monoisotopic (exact) mass is 476 g/mol. The minimum Gasteiger partial charge on any atom is -0.493 e. The SMILES string of the molecule is COc1ccc(C(=O)OC2CC3(C)OC3CC3(C)C(OC(C)=O)CC(O)(C(C)C)C23)cc1OC. The smallest absolute Gasteiger partial charge is 0.338 e. The lowest BCUT2D eigenvalue weighted by Gasteiger charge is -2.44. The summed E-state index contributed by atoms with van der Waals surface area (Å²) in [5, 5.41) is 12.0. The molecule has 1 aromatic rings. The predicted octanol–water partition coefficient (Wildman–Crippen LogP) is 3.53. The molecule has 34 heavy (non-hydrogen) atoms. The summed E-state index contributed by atoms with van der Waals surface area (Å²) in [6.07, 6.45) is 0.188. The predicted molar refractivity (Wildman–Crippen MR) is 123 cm³/mol. The van der Waals surface area contributed by atoms with Crippen molar-refractivity contribution in [2.24, 2.45) is 17.3 Å². The van der Waals surface area contributed by atoms with E-state index in [4.69, 9.17) is 23.7 Å². The Morgan fingerprint density at radius 1 is 1.06 bits per heavy atom. The second-order valence-electron chi connectivity index (χ2n) is 10.8. The fourth-order valence-electron chi connectivity index (χ4n) is 6.33. The molecule has 1 saturated heterocycles. The van der Waals surface area contributed by atoms with Gasteiger partial charge in [-0.3, -0.25) is 4.79 Å². The number of benzene rings is 1. The molecule has 0 aromatic heterocycles. The molecule has 0 spiro atoms. The van der Waals surface area contributed by atoms with Gasteiger partial charge in [-0.2, -0.15) is 0 Å². The van der Waals surface area contributed by atoms with Gasteiger partial charge < -0.3 is 28.8 Å². The quantitative estimate of drug-likeness (QED) is 0.491. The zero-order chi connectivity index (χ0) is 25.1. The highest BCUT2D eigenvalue weighted by molar-refractivity contribution is 5.90. The van der Waals surface area contributed by atoms with Gasteiger partial charge in [-0.05, 0) is 37.5 Å². The topological polar surface area (TPSA) is 104 Å². The van der Waals surface area contributed by atoms with Gasteiger partial charge in [-0.1, -0.05) is 20.8 Å². The fraction of sp³-hybridized carbons (Fsp3) is 0.692. The number of carbonyl (C=O) groups excluding carboxylic acids is 2. The zero-order valence-electron chi connectivity index (χ0n) is 21.0. The number of carbonyl (C=O) groups is 2. The van der Waals surface area contributed by atoms with Crippen molar-refractivity contribution >= 4 is 11.9 Å². The Labute approximate surface area is 200 Å². The molecule has 8 nitrogen and oxygen atoms in total. The fourth-order valence-corrected chi connectivity index (χ4v) is 6.33. The number of esters is 2. The van der Waals surface area contributed by atoms with Crippen LogP contribution in [0.2, 0.25) is 0 Å². The average molecular weight is 477 g/mol. The molecular weight excluding hydrogens is 440 g/mol. The largest absolute Gasteiger partial charge is 0.493 e. The molecule has 1 N–H and O–H groups in total. The Morgan fingerprint density at radius 2 is 1.74 bits per heavy atom. The molecule has 3 fully saturated rings. The summed E-state index contributed by atoms with van der Waals surface area (Å²) in [6.45, 7) is 9.32. The zero-order valence-corrected chi connectivity index (χ0v) is 21.0. The minimum atomic E-state index is -1.18. The van der Waals surface area contributed by atoms with Crippen LogP contribution in [0.3, 0.4) is 0 Å². The summed E-state index contributed by atoms with van der Waals surface area (Å²) in [5.41, 5.74) is -1.92. The first-order valence-corrected chi connectivity index (χ1v) is 11.9. The van der Waals surface area contributed by atoms with Crippen LogP contribution in [0, 0.1) is 17.3 Å². The first-order valence-electron chi connectivity index (χ1n) is 11.9. The van der Waals surface area contributed by atoms with Crippen molar-refractivity contribution in [2.75, 3.05) is 14.2 Å². The number of fused-ring (bicyclic) bond motifs is 2. The van der Waals surface area contributed by atoms with Crippen LogP contribution in [-0.4, -0.2) is 60.8 Å². The molecule has 2 saturated carbocycles. The van der Waals surface area contributed by atoms with Gasteiger partial charge in [0.15, 0.2) is 11.5 Å². The van der Waals surface area contributed by atoms with Crippen LogP contribution in [0.1, 0.15) is 64.2 Å². The summed E-state index contributed by atoms with van der Waals surface area (Å²) in [6, 6.07) is 4.87. The highest BCUT2D eigenvalue weighted by Gasteiger charge is 2.71. The molecule has 7 unspecified atom stereocenters. The molecule has 3 aliphatic rings. The third-order valence-corrected chi connectivity index (χ3v) is 8.32. The second-order valence-corrected chi connectivity index (χ2v) is 10.8. The van der Waals surface area contributed by atoms with Crippen molar-refractivity contribution in [3.8, 4) is 11.5 Å². The highest BCUT2D eigenvalue weighted by Crippen LogP contribution is 2.64. The van der Waals surface area contributed by atoms with Crippen LogP contribution in [-0.2, 0) is 19.0 Å². The van der Waals surface area contributed by atoms with Gasteiger partial charge >= 0.3 is 11.9 Å². The van der Waals surface area contributed by atoms with Crippen molar-refractivity contribution in [2.45, 2.75) is 83.4 Å². The van der Waals surface area contributed by atoms with Crippen LogP contribution in [0.4, 0.5) is 0 Å². The van der Waals surface area contributed by atoms with Crippen molar-refractivity contribution < 1.29 is 38.4 Å². The Kier molecular flexibility index (Phi) is 6.13. The summed E-state index contributed by atoms with van der Waals surface area (Å²) >= 11 is 0. The van der Waals surface area contributed by atoms with Crippen LogP contribution >= 0.6 is 0 Å². The molecular formula is C26H36O8. The highest BCUT2D eigenvalue weighted by atomic mass is 16.6. The van der Waals surface area contributed by atoms with E-state index >= 15 is 0 Å². The molecule has 1 heterocycles. The Bertz CT molecular complexity index is 976. The number of aliphatic hydroxyl groups is 1. The van der Waals surface area contributed by atoms with Gasteiger partial charge in [-0.25, -0.2) is 4.79 Å². The Balaban J connectivity index is 1.72. The second kappa shape index (κ2) is 8.41. The first-order chi connectivity index (χ1) is 15.9. The number of hydrogen-bond acceptors (Lipinski definition) is 8. The van der Waals surface area contributed by atoms with E-state index in [9.17, 15) is 14.7 Å². The third-order valence-electron chi connectivity index (χ3n) is 8.32. The van der Waals surface area contributed by atoms with E-state index < -0.39 is 40.7 Å². The van der Waals surface area contributed by atoms with E-state index in [2.05, 4.69) is 0 Å². The molecule has 1 aliphatic heterocycles. The standard InChI is InChI=1S/C26H36O8/c1-14(2)26(29)13-20(32-15(3)27)24(4)12-21-25(5,34-21)11-19(22(24)26)33-23(28)16-8-9-17(30-6)18(10-16)31-7/h8-10,14,19-22,29H,11-13H2,1-7H3. The normalized spacial score (nSPS) is 38.4. The van der Waals surface area contributed by atoms with Crippen LogP contribution in [0.25, 0.3) is 0 Å². The third kappa shape index (κ3) is 3.94. The molecule has 1 aromatic carbocycles. The van der Waals surface area contributed by atoms with Crippen molar-refractivity contribution in [1.29, 1.82) is 0 Å². The molecule has 4 rings (SSSR count). The summed E-state index contributed by atoms with van der Waals surface area (Å²) < 4.78 is 28.5. The maximum Gasteiger partial charge on any atom is 0.338 e. The summed E-state index contributed by atoms with van der Waals surface area (Å²) in [7, 11) is 3.03. The van der Waals surface area contributed by atoms with Gasteiger partial charge in [0.25, 0.3) is 0 Å². The number of ether oxygens (including phenoxy) is 5. The van der Waals surface area contributed by atoms with Crippen molar-refractivity contribution in [1.82, 2.24) is 0 Å². The van der Waals surface area contributed by atoms with E-state index in [1.54, 1.807) is 18.2 Å². The van der Waals surface area contributed by atoms with E-state index in [1.165, 1.54) is 21.1 Å². The van der Waals surface area contributed by atoms with E-state index in [0.29, 0.717) is 36.3 Å². The number of hydrogen-bond donors (Lipinski definition) is 1. The van der Waals surface area contributed by atoms with Crippen molar-refractivity contribution in [3.63, 3.8) is 0 Å². The maximum atomic E-state index is 13.3. The molecule has 0 bridgehead atoms. The lowest BCUT2D eigenvalue weighted by atomic mass is 9.67. The van der Waals surface area contributed by atoms with Gasteiger partial charge in [0, 0.05) is 31.1 Å². The summed E-state index contributed by atoms with van der Waals surface area (Å²) in [4.78, 5) is 25.3. The molecule has 0 radical (unpaired) electrons. The lowest BCUT2D eigenvalue weighted by molar-refractivity contribution is -0.155. The average Bonchev–Trinajstić information content (AvgIpc) is 3.33. The van der Waals surface area contributed by atoms with E-state index in [-0.39, 0.29) is 18.0 Å². The lowest BCUT2D eigenvalue weighted by Crippen LogP contribution is -2.51. The van der Waals surface area contributed by atoms with Crippen LogP contribution < -0.4 is 9.47 Å². The molecule has 0 amide bonds. The van der Waals surface area contributed by atoms with E-state index in [0.717, 1.165) is 0 Å². The number of epoxide rings is 1. The van der Waals surface area contributed by atoms with Gasteiger partial charge in [0.05, 0.1) is 37.1 Å². The van der Waals surface area contributed by atoms with Gasteiger partial charge in [0.1, 0.15) is 12.2 Å².